The minimum atomic E-state index is -4.04. The quantitative estimate of drug-likeness (QED) is 0.672. The Labute approximate surface area is 98.2 Å². The minimum absolute atomic E-state index is 0.0689. The van der Waals surface area contributed by atoms with Crippen molar-refractivity contribution in [3.63, 3.8) is 0 Å². The summed E-state index contributed by atoms with van der Waals surface area (Å²) in [4.78, 5) is 11.3. The molecule has 0 rings (SSSR count). The van der Waals surface area contributed by atoms with E-state index in [1.165, 1.54) is 0 Å². The van der Waals surface area contributed by atoms with Gasteiger partial charge in [0.15, 0.2) is 0 Å². The van der Waals surface area contributed by atoms with Crippen molar-refractivity contribution in [3.05, 3.63) is 0 Å². The predicted molar refractivity (Wildman–Crippen MR) is 63.9 cm³/mol. The van der Waals surface area contributed by atoms with Crippen LogP contribution in [0.1, 0.15) is 52.9 Å². The summed E-state index contributed by atoms with van der Waals surface area (Å²) in [5.41, 5.74) is 0. The third kappa shape index (κ3) is 5.61. The maximum atomic E-state index is 11.3. The first-order chi connectivity index (χ1) is 7.32. The fourth-order valence-electron chi connectivity index (χ4n) is 1.70. The Hall–Kier alpha value is -0.420. The maximum Gasteiger partial charge on any atom is 0.268 e. The van der Waals surface area contributed by atoms with Gasteiger partial charge < -0.3 is 0 Å². The van der Waals surface area contributed by atoms with Gasteiger partial charge >= 0.3 is 0 Å². The van der Waals surface area contributed by atoms with E-state index < -0.39 is 15.4 Å². The standard InChI is InChI=1S/C11H22O4S/c1-4-6-10(12)7-8-11(9(3)5-2)16(13,14)15/h9,11H,4-8H2,1-3H3,(H,13,14,15). The van der Waals surface area contributed by atoms with Crippen LogP contribution in [0.3, 0.4) is 0 Å². The number of hydrogen-bond donors (Lipinski definition) is 1. The predicted octanol–water partition coefficient (Wildman–Crippen LogP) is 2.44. The second-order valence-corrected chi connectivity index (χ2v) is 5.90. The Bertz CT molecular complexity index is 308. The van der Waals surface area contributed by atoms with E-state index in [-0.39, 0.29) is 24.5 Å². The lowest BCUT2D eigenvalue weighted by Gasteiger charge is -2.19. The van der Waals surface area contributed by atoms with E-state index in [2.05, 4.69) is 0 Å². The summed E-state index contributed by atoms with van der Waals surface area (Å²) in [6.45, 7) is 5.56. The molecular weight excluding hydrogens is 228 g/mol. The molecule has 1 N–H and O–H groups in total. The zero-order valence-corrected chi connectivity index (χ0v) is 11.1. The number of ketones is 1. The Morgan fingerprint density at radius 2 is 1.81 bits per heavy atom. The number of carbonyl (C=O) groups excluding carboxylic acids is 1. The second-order valence-electron chi connectivity index (χ2n) is 4.27. The average molecular weight is 250 g/mol. The van der Waals surface area contributed by atoms with Crippen LogP contribution in [-0.4, -0.2) is 24.0 Å². The van der Waals surface area contributed by atoms with Crippen molar-refractivity contribution >= 4 is 15.9 Å². The van der Waals surface area contributed by atoms with E-state index in [9.17, 15) is 13.2 Å². The van der Waals surface area contributed by atoms with Gasteiger partial charge in [-0.1, -0.05) is 27.2 Å². The van der Waals surface area contributed by atoms with E-state index in [0.29, 0.717) is 12.8 Å². The van der Waals surface area contributed by atoms with Crippen molar-refractivity contribution in [1.29, 1.82) is 0 Å². The van der Waals surface area contributed by atoms with Crippen LogP contribution in [0.15, 0.2) is 0 Å². The van der Waals surface area contributed by atoms with Crippen LogP contribution >= 0.6 is 0 Å². The normalized spacial score (nSPS) is 15.8. The van der Waals surface area contributed by atoms with Crippen molar-refractivity contribution in [2.24, 2.45) is 5.92 Å². The van der Waals surface area contributed by atoms with Gasteiger partial charge in [-0.05, 0) is 18.8 Å². The van der Waals surface area contributed by atoms with Crippen molar-refractivity contribution in [3.8, 4) is 0 Å². The number of Topliss-reactive ketones (excluding diaryl/α,β-unsaturated/α-hetero) is 1. The molecule has 0 aromatic rings. The Morgan fingerprint density at radius 1 is 1.25 bits per heavy atom. The van der Waals surface area contributed by atoms with E-state index in [0.717, 1.165) is 6.42 Å². The smallest absolute Gasteiger partial charge is 0.268 e. The van der Waals surface area contributed by atoms with Gasteiger partial charge in [-0.2, -0.15) is 8.42 Å². The van der Waals surface area contributed by atoms with Gasteiger partial charge in [0.2, 0.25) is 0 Å². The highest BCUT2D eigenvalue weighted by atomic mass is 32.2. The highest BCUT2D eigenvalue weighted by molar-refractivity contribution is 7.86. The van der Waals surface area contributed by atoms with E-state index in [1.54, 1.807) is 6.92 Å². The summed E-state index contributed by atoms with van der Waals surface area (Å²) < 4.78 is 31.4. The summed E-state index contributed by atoms with van der Waals surface area (Å²) in [5.74, 6) is -0.0520. The molecule has 0 aliphatic carbocycles. The number of carbonyl (C=O) groups is 1. The summed E-state index contributed by atoms with van der Waals surface area (Å²) in [5, 5.41) is -0.807. The molecule has 0 radical (unpaired) electrons. The van der Waals surface area contributed by atoms with Crippen LogP contribution < -0.4 is 0 Å². The van der Waals surface area contributed by atoms with Gasteiger partial charge in [0.05, 0.1) is 5.25 Å². The van der Waals surface area contributed by atoms with Crippen molar-refractivity contribution in [2.45, 2.75) is 58.1 Å². The average Bonchev–Trinajstić information content (AvgIpc) is 2.16. The van der Waals surface area contributed by atoms with Crippen molar-refractivity contribution in [2.75, 3.05) is 0 Å². The molecule has 0 heterocycles. The number of hydrogen-bond acceptors (Lipinski definition) is 3. The van der Waals surface area contributed by atoms with Crippen LogP contribution in [-0.2, 0) is 14.9 Å². The second kappa shape index (κ2) is 7.01. The van der Waals surface area contributed by atoms with Crippen molar-refractivity contribution in [1.82, 2.24) is 0 Å². The molecule has 0 aromatic carbocycles. The molecule has 0 amide bonds. The first kappa shape index (κ1) is 15.6. The monoisotopic (exact) mass is 250 g/mol. The van der Waals surface area contributed by atoms with E-state index >= 15 is 0 Å². The molecule has 2 unspecified atom stereocenters. The molecule has 0 aromatic heterocycles. The van der Waals surface area contributed by atoms with Gasteiger partial charge in [0.1, 0.15) is 5.78 Å². The molecular formula is C11H22O4S. The molecule has 0 bridgehead atoms. The SMILES string of the molecule is CCCC(=O)CCC(C(C)CC)S(=O)(=O)O. The Balaban J connectivity index is 4.41. The molecule has 16 heavy (non-hydrogen) atoms. The lowest BCUT2D eigenvalue weighted by Crippen LogP contribution is -2.28. The molecule has 0 fully saturated rings. The highest BCUT2D eigenvalue weighted by Gasteiger charge is 2.28. The molecule has 5 heteroatoms. The van der Waals surface area contributed by atoms with Gasteiger partial charge in [0, 0.05) is 12.8 Å². The van der Waals surface area contributed by atoms with Crippen LogP contribution in [0.4, 0.5) is 0 Å². The van der Waals surface area contributed by atoms with Crippen LogP contribution in [0, 0.1) is 5.92 Å². The van der Waals surface area contributed by atoms with Crippen LogP contribution in [0.5, 0.6) is 0 Å². The van der Waals surface area contributed by atoms with Crippen molar-refractivity contribution < 1.29 is 17.8 Å². The third-order valence-electron chi connectivity index (χ3n) is 2.90. The van der Waals surface area contributed by atoms with Crippen LogP contribution in [0.2, 0.25) is 0 Å². The molecule has 4 nitrogen and oxygen atoms in total. The first-order valence-corrected chi connectivity index (χ1v) is 7.31. The summed E-state index contributed by atoms with van der Waals surface area (Å²) >= 11 is 0. The zero-order chi connectivity index (χ0) is 12.8. The molecule has 0 spiro atoms. The molecule has 0 saturated heterocycles. The largest absolute Gasteiger partial charge is 0.300 e. The topological polar surface area (TPSA) is 71.4 Å². The fraction of sp³-hybridized carbons (Fsp3) is 0.909. The maximum absolute atomic E-state index is 11.3. The van der Waals surface area contributed by atoms with Gasteiger partial charge in [0.25, 0.3) is 10.1 Å². The van der Waals surface area contributed by atoms with Gasteiger partial charge in [-0.3, -0.25) is 9.35 Å². The lowest BCUT2D eigenvalue weighted by molar-refractivity contribution is -0.119. The third-order valence-corrected chi connectivity index (χ3v) is 4.36. The van der Waals surface area contributed by atoms with Gasteiger partial charge in [-0.15, -0.1) is 0 Å². The number of rotatable bonds is 8. The summed E-state index contributed by atoms with van der Waals surface area (Å²) in [7, 11) is -4.04. The zero-order valence-electron chi connectivity index (χ0n) is 10.3. The van der Waals surface area contributed by atoms with Crippen LogP contribution in [0.25, 0.3) is 0 Å². The summed E-state index contributed by atoms with van der Waals surface area (Å²) in [6.07, 6.45) is 2.40. The van der Waals surface area contributed by atoms with E-state index in [1.807, 2.05) is 13.8 Å². The van der Waals surface area contributed by atoms with E-state index in [4.69, 9.17) is 4.55 Å². The lowest BCUT2D eigenvalue weighted by atomic mass is 9.99. The first-order valence-electron chi connectivity index (χ1n) is 5.80. The molecule has 0 saturated carbocycles. The Kier molecular flexibility index (Phi) is 6.83. The molecule has 2 atom stereocenters. The molecule has 96 valence electrons. The molecule has 0 aliphatic heterocycles. The minimum Gasteiger partial charge on any atom is -0.300 e. The highest BCUT2D eigenvalue weighted by Crippen LogP contribution is 2.20. The Morgan fingerprint density at radius 3 is 2.19 bits per heavy atom. The summed E-state index contributed by atoms with van der Waals surface area (Å²) in [6, 6.07) is 0. The van der Waals surface area contributed by atoms with Gasteiger partial charge in [-0.25, -0.2) is 0 Å². The fourth-order valence-corrected chi connectivity index (χ4v) is 2.89. The molecule has 0 aliphatic rings.